The monoisotopic (exact) mass is 232 g/mol. The first-order chi connectivity index (χ1) is 8.15. The van der Waals surface area contributed by atoms with E-state index in [0.29, 0.717) is 5.75 Å². The average molecular weight is 232 g/mol. The molecule has 1 aromatic heterocycles. The molecule has 0 aliphatic heterocycles. The summed E-state index contributed by atoms with van der Waals surface area (Å²) >= 11 is 0. The van der Waals surface area contributed by atoms with E-state index in [0.717, 1.165) is 17.1 Å². The van der Waals surface area contributed by atoms with Crippen molar-refractivity contribution < 1.29 is 14.6 Å². The molecule has 2 aromatic rings. The van der Waals surface area contributed by atoms with Crippen LogP contribution in [-0.2, 0) is 4.79 Å². The largest absolute Gasteiger partial charge is 0.482 e. The van der Waals surface area contributed by atoms with Gasteiger partial charge in [0.2, 0.25) is 0 Å². The number of aliphatic carboxylic acids is 1. The van der Waals surface area contributed by atoms with Gasteiger partial charge < -0.3 is 14.8 Å². The van der Waals surface area contributed by atoms with E-state index in [1.165, 1.54) is 0 Å². The van der Waals surface area contributed by atoms with Gasteiger partial charge in [0.15, 0.2) is 6.61 Å². The zero-order valence-corrected chi connectivity index (χ0v) is 9.30. The third-order valence-corrected chi connectivity index (χ3v) is 2.23. The molecule has 0 saturated carbocycles. The fourth-order valence-electron chi connectivity index (χ4n) is 1.44. The molecule has 5 heteroatoms. The van der Waals surface area contributed by atoms with Crippen LogP contribution < -0.4 is 4.74 Å². The fourth-order valence-corrected chi connectivity index (χ4v) is 1.44. The molecule has 0 aliphatic carbocycles. The predicted molar refractivity (Wildman–Crippen MR) is 61.9 cm³/mol. The Morgan fingerprint density at radius 2 is 2.12 bits per heavy atom. The van der Waals surface area contributed by atoms with Gasteiger partial charge in [-0.3, -0.25) is 0 Å². The van der Waals surface area contributed by atoms with Crippen molar-refractivity contribution in [2.45, 2.75) is 6.92 Å². The Morgan fingerprint density at radius 3 is 2.65 bits per heavy atom. The van der Waals surface area contributed by atoms with E-state index in [9.17, 15) is 4.79 Å². The van der Waals surface area contributed by atoms with Crippen LogP contribution >= 0.6 is 0 Å². The number of nitrogens with zero attached hydrogens (tertiary/aromatic N) is 1. The minimum Gasteiger partial charge on any atom is -0.482 e. The molecule has 0 spiro atoms. The number of carboxylic acids is 1. The molecule has 5 nitrogen and oxygen atoms in total. The summed E-state index contributed by atoms with van der Waals surface area (Å²) in [6.45, 7) is 1.55. The average Bonchev–Trinajstić information content (AvgIpc) is 2.74. The van der Waals surface area contributed by atoms with E-state index >= 15 is 0 Å². The lowest BCUT2D eigenvalue weighted by Gasteiger charge is -2.03. The highest BCUT2D eigenvalue weighted by atomic mass is 16.5. The molecule has 1 aromatic carbocycles. The fraction of sp³-hybridized carbons (Fsp3) is 0.167. The highest BCUT2D eigenvalue weighted by Gasteiger charge is 2.02. The number of imidazole rings is 1. The molecular weight excluding hydrogens is 220 g/mol. The van der Waals surface area contributed by atoms with Crippen LogP contribution in [0.25, 0.3) is 11.3 Å². The van der Waals surface area contributed by atoms with E-state index in [2.05, 4.69) is 9.97 Å². The summed E-state index contributed by atoms with van der Waals surface area (Å²) in [5, 5.41) is 8.47. The lowest BCUT2D eigenvalue weighted by molar-refractivity contribution is -0.139. The minimum absolute atomic E-state index is 0.331. The summed E-state index contributed by atoms with van der Waals surface area (Å²) in [4.78, 5) is 17.6. The Bertz CT molecular complexity index is 517. The molecule has 0 radical (unpaired) electrons. The number of benzene rings is 1. The normalized spacial score (nSPS) is 10.2. The van der Waals surface area contributed by atoms with Crippen LogP contribution in [0.1, 0.15) is 5.82 Å². The third-order valence-electron chi connectivity index (χ3n) is 2.23. The number of nitrogens with one attached hydrogen (secondary N) is 1. The molecule has 2 rings (SSSR count). The van der Waals surface area contributed by atoms with Crippen molar-refractivity contribution in [1.82, 2.24) is 9.97 Å². The van der Waals surface area contributed by atoms with Gasteiger partial charge in [0.1, 0.15) is 11.6 Å². The van der Waals surface area contributed by atoms with Crippen LogP contribution in [0, 0.1) is 6.92 Å². The molecule has 0 unspecified atom stereocenters. The summed E-state index contributed by atoms with van der Waals surface area (Å²) in [5.41, 5.74) is 1.90. The van der Waals surface area contributed by atoms with Crippen molar-refractivity contribution in [2.75, 3.05) is 6.61 Å². The third kappa shape index (κ3) is 2.84. The highest BCUT2D eigenvalue weighted by Crippen LogP contribution is 2.20. The van der Waals surface area contributed by atoms with Crippen LogP contribution in [-0.4, -0.2) is 27.7 Å². The number of rotatable bonds is 4. The van der Waals surface area contributed by atoms with Crippen molar-refractivity contribution in [3.8, 4) is 17.0 Å². The molecule has 88 valence electrons. The maximum atomic E-state index is 10.3. The number of aromatic nitrogens is 2. The number of ether oxygens (including phenoxy) is 1. The van der Waals surface area contributed by atoms with Crippen molar-refractivity contribution in [3.05, 3.63) is 36.3 Å². The van der Waals surface area contributed by atoms with Crippen LogP contribution in [0.5, 0.6) is 5.75 Å². The van der Waals surface area contributed by atoms with Crippen LogP contribution in [0.2, 0.25) is 0 Å². The van der Waals surface area contributed by atoms with Gasteiger partial charge in [-0.25, -0.2) is 9.78 Å². The maximum Gasteiger partial charge on any atom is 0.341 e. The molecule has 0 aliphatic rings. The zero-order chi connectivity index (χ0) is 12.3. The number of hydrogen-bond donors (Lipinski definition) is 2. The maximum absolute atomic E-state index is 10.3. The standard InChI is InChI=1S/C12H12N2O3/c1-8-13-6-11(14-8)9-2-4-10(5-3-9)17-7-12(15)16/h2-6H,7H2,1H3,(H,13,14)(H,15,16). The van der Waals surface area contributed by atoms with Crippen LogP contribution in [0.4, 0.5) is 0 Å². The molecule has 0 fully saturated rings. The lowest BCUT2D eigenvalue weighted by Crippen LogP contribution is -2.09. The van der Waals surface area contributed by atoms with Crippen molar-refractivity contribution >= 4 is 5.97 Å². The summed E-state index contributed by atoms with van der Waals surface area (Å²) < 4.78 is 5.04. The first-order valence-corrected chi connectivity index (χ1v) is 5.12. The smallest absolute Gasteiger partial charge is 0.341 e. The lowest BCUT2D eigenvalue weighted by atomic mass is 10.2. The molecule has 17 heavy (non-hydrogen) atoms. The van der Waals surface area contributed by atoms with E-state index in [-0.39, 0.29) is 6.61 Å². The Kier molecular flexibility index (Phi) is 3.09. The quantitative estimate of drug-likeness (QED) is 0.843. The van der Waals surface area contributed by atoms with Gasteiger partial charge in [-0.15, -0.1) is 0 Å². The van der Waals surface area contributed by atoms with Crippen molar-refractivity contribution in [3.63, 3.8) is 0 Å². The SMILES string of the molecule is Cc1ncc(-c2ccc(OCC(=O)O)cc2)[nH]1. The Morgan fingerprint density at radius 1 is 1.41 bits per heavy atom. The number of aromatic amines is 1. The number of carboxylic acid groups (broad SMARTS) is 1. The number of aryl methyl sites for hydroxylation is 1. The van der Waals surface area contributed by atoms with Crippen LogP contribution in [0.3, 0.4) is 0 Å². The van der Waals surface area contributed by atoms with Gasteiger partial charge in [0.05, 0.1) is 11.9 Å². The van der Waals surface area contributed by atoms with Gasteiger partial charge in [-0.05, 0) is 36.8 Å². The Balaban J connectivity index is 2.10. The van der Waals surface area contributed by atoms with E-state index in [1.807, 2.05) is 19.1 Å². The minimum atomic E-state index is -0.988. The second-order valence-corrected chi connectivity index (χ2v) is 3.59. The summed E-state index contributed by atoms with van der Waals surface area (Å²) in [5.74, 6) is 0.400. The number of carbonyl (C=O) groups is 1. The van der Waals surface area contributed by atoms with Crippen molar-refractivity contribution in [2.24, 2.45) is 0 Å². The molecular formula is C12H12N2O3. The Hall–Kier alpha value is -2.30. The summed E-state index contributed by atoms with van der Waals surface area (Å²) in [6.07, 6.45) is 1.75. The molecule has 0 saturated heterocycles. The van der Waals surface area contributed by atoms with E-state index < -0.39 is 5.97 Å². The predicted octanol–water partition coefficient (Wildman–Crippen LogP) is 1.85. The van der Waals surface area contributed by atoms with E-state index in [1.54, 1.807) is 18.3 Å². The van der Waals surface area contributed by atoms with Crippen molar-refractivity contribution in [1.29, 1.82) is 0 Å². The first kappa shape index (κ1) is 11.2. The second kappa shape index (κ2) is 4.69. The van der Waals surface area contributed by atoms with Gasteiger partial charge in [-0.1, -0.05) is 0 Å². The summed E-state index contributed by atoms with van der Waals surface area (Å²) in [7, 11) is 0. The highest BCUT2D eigenvalue weighted by molar-refractivity contribution is 5.68. The summed E-state index contributed by atoms with van der Waals surface area (Å²) in [6, 6.07) is 7.16. The second-order valence-electron chi connectivity index (χ2n) is 3.59. The van der Waals surface area contributed by atoms with E-state index in [4.69, 9.17) is 9.84 Å². The molecule has 0 amide bonds. The van der Waals surface area contributed by atoms with Gasteiger partial charge in [0, 0.05) is 0 Å². The Labute approximate surface area is 98.1 Å². The van der Waals surface area contributed by atoms with Gasteiger partial charge in [-0.2, -0.15) is 0 Å². The van der Waals surface area contributed by atoms with Crippen LogP contribution in [0.15, 0.2) is 30.5 Å². The topological polar surface area (TPSA) is 75.2 Å². The first-order valence-electron chi connectivity index (χ1n) is 5.12. The van der Waals surface area contributed by atoms with Gasteiger partial charge >= 0.3 is 5.97 Å². The molecule has 2 N–H and O–H groups in total. The molecule has 0 atom stereocenters. The van der Waals surface area contributed by atoms with Gasteiger partial charge in [0.25, 0.3) is 0 Å². The zero-order valence-electron chi connectivity index (χ0n) is 9.30. The molecule has 0 bridgehead atoms. The number of H-pyrrole nitrogens is 1. The number of hydrogen-bond acceptors (Lipinski definition) is 3. The molecule has 1 heterocycles.